The number of nitrogens with one attached hydrogen (secondary N) is 1. The number of thiazole rings is 1. The molecule has 4 rings (SSSR count). The lowest BCUT2D eigenvalue weighted by Crippen LogP contribution is -2.25. The average molecular weight is 355 g/mol. The molecule has 4 aromatic rings. The molecule has 0 aliphatic rings. The molecule has 0 saturated heterocycles. The van der Waals surface area contributed by atoms with Crippen LogP contribution in [0.4, 0.5) is 0 Å². The Bertz CT molecular complexity index is 940. The molecular weight excluding hydrogens is 342 g/mol. The Balaban J connectivity index is 1.36. The summed E-state index contributed by atoms with van der Waals surface area (Å²) in [5, 5.41) is 9.66. The third kappa shape index (κ3) is 3.08. The molecule has 0 fully saturated rings. The Morgan fingerprint density at radius 2 is 2.12 bits per heavy atom. The van der Waals surface area contributed by atoms with Gasteiger partial charge in [-0.25, -0.2) is 4.98 Å². The number of amides is 1. The molecule has 0 atom stereocenters. The van der Waals surface area contributed by atoms with Gasteiger partial charge in [0.2, 0.25) is 0 Å². The number of fused-ring (bicyclic) bond motifs is 1. The van der Waals surface area contributed by atoms with Gasteiger partial charge in [0.15, 0.2) is 11.5 Å². The van der Waals surface area contributed by atoms with E-state index in [1.807, 2.05) is 35.7 Å². The summed E-state index contributed by atoms with van der Waals surface area (Å²) >= 11 is 3.20. The van der Waals surface area contributed by atoms with E-state index in [9.17, 15) is 4.79 Å². The first-order valence-electron chi connectivity index (χ1n) is 7.43. The molecule has 24 heavy (non-hydrogen) atoms. The zero-order chi connectivity index (χ0) is 16.4. The van der Waals surface area contributed by atoms with Crippen LogP contribution in [0.3, 0.4) is 0 Å². The molecular formula is C17H13N3O2S2. The molecule has 0 aliphatic carbocycles. The summed E-state index contributed by atoms with van der Waals surface area (Å²) in [5.74, 6) is 0.379. The fraction of sp³-hybridized carbons (Fsp3) is 0.118. The van der Waals surface area contributed by atoms with E-state index in [0.717, 1.165) is 20.1 Å². The second kappa shape index (κ2) is 6.54. The minimum Gasteiger partial charge on any atom is -0.355 e. The lowest BCUT2D eigenvalue weighted by Gasteiger charge is -1.99. The van der Waals surface area contributed by atoms with E-state index in [2.05, 4.69) is 21.5 Å². The number of hydrogen-bond donors (Lipinski definition) is 1. The zero-order valence-corrected chi connectivity index (χ0v) is 14.2. The molecule has 5 nitrogen and oxygen atoms in total. The summed E-state index contributed by atoms with van der Waals surface area (Å²) in [6, 6.07) is 13.6. The minimum atomic E-state index is -0.234. The highest BCUT2D eigenvalue weighted by atomic mass is 32.1. The zero-order valence-electron chi connectivity index (χ0n) is 12.6. The monoisotopic (exact) mass is 355 g/mol. The number of hydrogen-bond acceptors (Lipinski definition) is 6. The Labute approximate surface area is 145 Å². The lowest BCUT2D eigenvalue weighted by atomic mass is 10.3. The molecule has 1 amide bonds. The van der Waals surface area contributed by atoms with E-state index in [4.69, 9.17) is 4.52 Å². The van der Waals surface area contributed by atoms with Crippen LogP contribution >= 0.6 is 22.7 Å². The molecule has 3 aromatic heterocycles. The number of rotatable bonds is 5. The molecule has 0 spiro atoms. The van der Waals surface area contributed by atoms with Crippen molar-refractivity contribution in [2.24, 2.45) is 0 Å². The SMILES string of the molecule is O=C(NCCc1nc2ccccc2s1)c1cc(-c2cccs2)on1. The van der Waals surface area contributed by atoms with Crippen molar-refractivity contribution >= 4 is 38.8 Å². The number of benzene rings is 1. The maximum absolute atomic E-state index is 12.1. The topological polar surface area (TPSA) is 68.0 Å². The summed E-state index contributed by atoms with van der Waals surface area (Å²) in [7, 11) is 0. The van der Waals surface area contributed by atoms with E-state index in [1.165, 1.54) is 0 Å². The third-order valence-corrected chi connectivity index (χ3v) is 5.45. The van der Waals surface area contributed by atoms with E-state index in [-0.39, 0.29) is 5.91 Å². The van der Waals surface area contributed by atoms with E-state index in [1.54, 1.807) is 28.7 Å². The van der Waals surface area contributed by atoms with Gasteiger partial charge in [-0.15, -0.1) is 22.7 Å². The first-order chi connectivity index (χ1) is 11.8. The van der Waals surface area contributed by atoms with Crippen LogP contribution in [0.5, 0.6) is 0 Å². The fourth-order valence-corrected chi connectivity index (χ4v) is 3.96. The molecule has 1 N–H and O–H groups in total. The molecule has 0 saturated carbocycles. The third-order valence-electron chi connectivity index (χ3n) is 3.47. The standard InChI is InChI=1S/C17H13N3O2S2/c21-17(12-10-13(22-20-12)15-6-3-9-23-15)18-8-7-16-19-11-4-1-2-5-14(11)24-16/h1-6,9-10H,7-8H2,(H,18,21). The molecule has 120 valence electrons. The van der Waals surface area contributed by atoms with Gasteiger partial charge in [-0.1, -0.05) is 23.4 Å². The van der Waals surface area contributed by atoms with Crippen LogP contribution in [-0.2, 0) is 6.42 Å². The van der Waals surface area contributed by atoms with Crippen molar-refractivity contribution in [3.05, 3.63) is 58.5 Å². The maximum Gasteiger partial charge on any atom is 0.273 e. The number of aromatic nitrogens is 2. The Morgan fingerprint density at radius 1 is 1.21 bits per heavy atom. The molecule has 0 radical (unpaired) electrons. The second-order valence-electron chi connectivity index (χ2n) is 5.13. The molecule has 0 unspecified atom stereocenters. The number of thiophene rings is 1. The van der Waals surface area contributed by atoms with Crippen LogP contribution in [0, 0.1) is 0 Å². The highest BCUT2D eigenvalue weighted by molar-refractivity contribution is 7.18. The summed E-state index contributed by atoms with van der Waals surface area (Å²) in [6.07, 6.45) is 0.695. The van der Waals surface area contributed by atoms with Gasteiger partial charge in [0, 0.05) is 19.0 Å². The number of carbonyl (C=O) groups is 1. The predicted molar refractivity (Wildman–Crippen MR) is 95.5 cm³/mol. The quantitative estimate of drug-likeness (QED) is 0.588. The minimum absolute atomic E-state index is 0.234. The van der Waals surface area contributed by atoms with Crippen LogP contribution in [-0.4, -0.2) is 22.6 Å². The van der Waals surface area contributed by atoms with Crippen LogP contribution < -0.4 is 5.32 Å². The van der Waals surface area contributed by atoms with Crippen molar-refractivity contribution in [3.63, 3.8) is 0 Å². The smallest absolute Gasteiger partial charge is 0.273 e. The summed E-state index contributed by atoms with van der Waals surface area (Å²) < 4.78 is 6.39. The average Bonchev–Trinajstić information content (AvgIpc) is 3.33. The van der Waals surface area contributed by atoms with Gasteiger partial charge in [0.05, 0.1) is 20.1 Å². The van der Waals surface area contributed by atoms with Gasteiger partial charge in [-0.05, 0) is 23.6 Å². The predicted octanol–water partition coefficient (Wildman–Crippen LogP) is 3.99. The second-order valence-corrected chi connectivity index (χ2v) is 7.20. The molecule has 0 bridgehead atoms. The number of para-hydroxylation sites is 1. The molecule has 3 heterocycles. The highest BCUT2D eigenvalue weighted by Crippen LogP contribution is 2.25. The van der Waals surface area contributed by atoms with Gasteiger partial charge in [-0.3, -0.25) is 4.79 Å². The largest absolute Gasteiger partial charge is 0.355 e. The Hall–Kier alpha value is -2.51. The summed E-state index contributed by atoms with van der Waals surface area (Å²) in [6.45, 7) is 0.514. The van der Waals surface area contributed by atoms with E-state index >= 15 is 0 Å². The highest BCUT2D eigenvalue weighted by Gasteiger charge is 2.14. The van der Waals surface area contributed by atoms with Crippen molar-refractivity contribution in [2.75, 3.05) is 6.54 Å². The Kier molecular flexibility index (Phi) is 4.10. The molecule has 1 aromatic carbocycles. The first-order valence-corrected chi connectivity index (χ1v) is 9.12. The summed E-state index contributed by atoms with van der Waals surface area (Å²) in [5.41, 5.74) is 1.30. The first kappa shape index (κ1) is 15.0. The van der Waals surface area contributed by atoms with Gasteiger partial charge < -0.3 is 9.84 Å². The van der Waals surface area contributed by atoms with Gasteiger partial charge >= 0.3 is 0 Å². The van der Waals surface area contributed by atoms with Crippen LogP contribution in [0.2, 0.25) is 0 Å². The molecule has 7 heteroatoms. The normalized spacial score (nSPS) is 11.0. The van der Waals surface area contributed by atoms with Gasteiger partial charge in [0.25, 0.3) is 5.91 Å². The van der Waals surface area contributed by atoms with Crippen molar-refractivity contribution < 1.29 is 9.32 Å². The maximum atomic E-state index is 12.1. The van der Waals surface area contributed by atoms with Crippen molar-refractivity contribution in [1.29, 1.82) is 0 Å². The van der Waals surface area contributed by atoms with E-state index < -0.39 is 0 Å². The van der Waals surface area contributed by atoms with E-state index in [0.29, 0.717) is 24.4 Å². The number of nitrogens with zero attached hydrogens (tertiary/aromatic N) is 2. The Morgan fingerprint density at radius 3 is 2.96 bits per heavy atom. The van der Waals surface area contributed by atoms with Crippen molar-refractivity contribution in [1.82, 2.24) is 15.5 Å². The van der Waals surface area contributed by atoms with Gasteiger partial charge in [0.1, 0.15) is 0 Å². The lowest BCUT2D eigenvalue weighted by molar-refractivity contribution is 0.0945. The number of carbonyl (C=O) groups excluding carboxylic acids is 1. The van der Waals surface area contributed by atoms with Gasteiger partial charge in [-0.2, -0.15) is 0 Å². The molecule has 0 aliphatic heterocycles. The summed E-state index contributed by atoms with van der Waals surface area (Å²) in [4.78, 5) is 17.7. The van der Waals surface area contributed by atoms with Crippen LogP contribution in [0.1, 0.15) is 15.5 Å². The van der Waals surface area contributed by atoms with Crippen molar-refractivity contribution in [2.45, 2.75) is 6.42 Å². The van der Waals surface area contributed by atoms with Crippen LogP contribution in [0.25, 0.3) is 20.9 Å². The van der Waals surface area contributed by atoms with Crippen molar-refractivity contribution in [3.8, 4) is 10.6 Å². The fourth-order valence-electron chi connectivity index (χ4n) is 2.32. The van der Waals surface area contributed by atoms with Crippen LogP contribution in [0.15, 0.2) is 52.4 Å².